The van der Waals surface area contributed by atoms with Gasteiger partial charge in [0.25, 0.3) is 0 Å². The quantitative estimate of drug-likeness (QED) is 0.388. The van der Waals surface area contributed by atoms with Gasteiger partial charge in [0.15, 0.2) is 11.5 Å². The van der Waals surface area contributed by atoms with Crippen LogP contribution < -0.4 is 19.7 Å². The summed E-state index contributed by atoms with van der Waals surface area (Å²) in [6.07, 6.45) is 0. The van der Waals surface area contributed by atoms with Gasteiger partial charge < -0.3 is 29.2 Å². The highest BCUT2D eigenvalue weighted by Gasteiger charge is 2.20. The van der Waals surface area contributed by atoms with Gasteiger partial charge in [-0.15, -0.1) is 0 Å². The molecular formula is C27H28ClFN2O5. The predicted molar refractivity (Wildman–Crippen MR) is 137 cm³/mol. The zero-order valence-corrected chi connectivity index (χ0v) is 20.9. The minimum atomic E-state index is -0.423. The third-order valence-corrected chi connectivity index (χ3v) is 6.27. The first-order chi connectivity index (χ1) is 17.5. The van der Waals surface area contributed by atoms with Gasteiger partial charge in [0.1, 0.15) is 12.4 Å². The zero-order chi connectivity index (χ0) is 25.5. The van der Waals surface area contributed by atoms with Crippen LogP contribution in [0.25, 0.3) is 0 Å². The van der Waals surface area contributed by atoms with Gasteiger partial charge in [0.05, 0.1) is 43.7 Å². The molecule has 1 heterocycles. The van der Waals surface area contributed by atoms with Crippen LogP contribution in [0.1, 0.15) is 21.5 Å². The van der Waals surface area contributed by atoms with Crippen LogP contribution in [0.2, 0.25) is 5.02 Å². The van der Waals surface area contributed by atoms with Crippen molar-refractivity contribution in [2.45, 2.75) is 13.2 Å². The van der Waals surface area contributed by atoms with Gasteiger partial charge in [-0.3, -0.25) is 0 Å². The zero-order valence-electron chi connectivity index (χ0n) is 20.2. The van der Waals surface area contributed by atoms with Gasteiger partial charge in [-0.25, -0.2) is 9.18 Å². The molecule has 1 N–H and O–H groups in total. The van der Waals surface area contributed by atoms with E-state index in [0.29, 0.717) is 54.9 Å². The maximum Gasteiger partial charge on any atom is 0.340 e. The highest BCUT2D eigenvalue weighted by atomic mass is 35.5. The number of carbonyl (C=O) groups is 1. The summed E-state index contributed by atoms with van der Waals surface area (Å²) in [5.41, 5.74) is 3.32. The van der Waals surface area contributed by atoms with Crippen LogP contribution in [0.3, 0.4) is 0 Å². The van der Waals surface area contributed by atoms with Crippen molar-refractivity contribution in [1.29, 1.82) is 0 Å². The molecule has 7 nitrogen and oxygen atoms in total. The van der Waals surface area contributed by atoms with E-state index in [4.69, 9.17) is 30.5 Å². The Labute approximate surface area is 214 Å². The summed E-state index contributed by atoms with van der Waals surface area (Å²) >= 11 is 6.09. The highest BCUT2D eigenvalue weighted by molar-refractivity contribution is 6.31. The maximum atomic E-state index is 14.1. The molecule has 36 heavy (non-hydrogen) atoms. The summed E-state index contributed by atoms with van der Waals surface area (Å²) < 4.78 is 35.7. The van der Waals surface area contributed by atoms with Crippen LogP contribution in [-0.4, -0.2) is 46.5 Å². The summed E-state index contributed by atoms with van der Waals surface area (Å²) in [5.74, 6) is 0.176. The van der Waals surface area contributed by atoms with Gasteiger partial charge in [0, 0.05) is 30.9 Å². The maximum absolute atomic E-state index is 14.1. The molecule has 1 fully saturated rings. The van der Waals surface area contributed by atoms with E-state index in [1.165, 1.54) is 13.2 Å². The van der Waals surface area contributed by atoms with Gasteiger partial charge in [0.2, 0.25) is 0 Å². The molecule has 1 saturated heterocycles. The van der Waals surface area contributed by atoms with Crippen molar-refractivity contribution in [1.82, 2.24) is 0 Å². The Balaban J connectivity index is 1.45. The van der Waals surface area contributed by atoms with E-state index in [9.17, 15) is 9.18 Å². The van der Waals surface area contributed by atoms with Gasteiger partial charge in [-0.1, -0.05) is 23.7 Å². The smallest absolute Gasteiger partial charge is 0.340 e. The van der Waals surface area contributed by atoms with Crippen molar-refractivity contribution in [2.24, 2.45) is 0 Å². The van der Waals surface area contributed by atoms with Crippen LogP contribution >= 0.6 is 11.6 Å². The molecule has 0 saturated carbocycles. The number of morpholine rings is 1. The van der Waals surface area contributed by atoms with Gasteiger partial charge in [-0.05, 0) is 48.0 Å². The minimum Gasteiger partial charge on any atom is -0.493 e. The second-order valence-electron chi connectivity index (χ2n) is 8.15. The molecule has 0 atom stereocenters. The first-order valence-electron chi connectivity index (χ1n) is 11.5. The fraction of sp³-hybridized carbons (Fsp3) is 0.296. The number of benzene rings is 3. The molecule has 9 heteroatoms. The monoisotopic (exact) mass is 514 g/mol. The van der Waals surface area contributed by atoms with Crippen molar-refractivity contribution in [3.63, 3.8) is 0 Å². The predicted octanol–water partition coefficient (Wildman–Crippen LogP) is 5.30. The first kappa shape index (κ1) is 25.6. The van der Waals surface area contributed by atoms with Crippen molar-refractivity contribution < 1.29 is 28.1 Å². The average Bonchev–Trinajstić information content (AvgIpc) is 2.91. The van der Waals surface area contributed by atoms with E-state index in [2.05, 4.69) is 10.2 Å². The Hall–Kier alpha value is -3.49. The van der Waals surface area contributed by atoms with Crippen LogP contribution in [-0.2, 0) is 22.6 Å². The largest absolute Gasteiger partial charge is 0.493 e. The number of esters is 1. The van der Waals surface area contributed by atoms with Crippen LogP contribution in [0, 0.1) is 5.82 Å². The number of anilines is 2. The molecule has 3 aromatic rings. The van der Waals surface area contributed by atoms with Crippen molar-refractivity contribution in [3.05, 3.63) is 82.1 Å². The molecule has 0 aromatic heterocycles. The van der Waals surface area contributed by atoms with Crippen LogP contribution in [0.15, 0.2) is 54.6 Å². The fourth-order valence-electron chi connectivity index (χ4n) is 3.96. The first-order valence-corrected chi connectivity index (χ1v) is 11.9. The summed E-state index contributed by atoms with van der Waals surface area (Å²) in [5, 5.41) is 3.65. The number of rotatable bonds is 9. The number of ether oxygens (including phenoxy) is 4. The van der Waals surface area contributed by atoms with E-state index in [-0.39, 0.29) is 12.2 Å². The summed E-state index contributed by atoms with van der Waals surface area (Å²) in [7, 11) is 2.92. The Morgan fingerprint density at radius 3 is 2.61 bits per heavy atom. The topological polar surface area (TPSA) is 69.3 Å². The standard InChI is InChI=1S/C27H28ClFN2O5/c1-33-26-14-18(6-9-25(26)36-17-21-22(28)4-3-5-23(21)29)16-30-19-7-8-24(20(15-19)27(32)34-2)31-10-12-35-13-11-31/h3-9,14-15,30H,10-13,16-17H2,1-2H3. The van der Waals surface area contributed by atoms with Crippen molar-refractivity contribution in [3.8, 4) is 11.5 Å². The van der Waals surface area contributed by atoms with Crippen LogP contribution in [0.5, 0.6) is 11.5 Å². The lowest BCUT2D eigenvalue weighted by Gasteiger charge is -2.30. The normalized spacial score (nSPS) is 13.3. The van der Waals surface area contributed by atoms with Crippen molar-refractivity contribution in [2.75, 3.05) is 50.7 Å². The molecule has 0 radical (unpaired) electrons. The van der Waals surface area contributed by atoms with E-state index in [0.717, 1.165) is 16.9 Å². The molecule has 0 amide bonds. The third kappa shape index (κ3) is 6.01. The number of halogens is 2. The van der Waals surface area contributed by atoms with E-state index < -0.39 is 11.8 Å². The molecule has 1 aliphatic rings. The third-order valence-electron chi connectivity index (χ3n) is 5.91. The molecule has 1 aliphatic heterocycles. The second-order valence-corrected chi connectivity index (χ2v) is 8.56. The van der Waals surface area contributed by atoms with E-state index >= 15 is 0 Å². The lowest BCUT2D eigenvalue weighted by atomic mass is 10.1. The van der Waals surface area contributed by atoms with Crippen molar-refractivity contribution >= 4 is 28.9 Å². The number of nitrogens with zero attached hydrogens (tertiary/aromatic N) is 1. The minimum absolute atomic E-state index is 0.0226. The van der Waals surface area contributed by atoms with Gasteiger partial charge >= 0.3 is 5.97 Å². The Morgan fingerprint density at radius 1 is 1.08 bits per heavy atom. The number of nitrogens with one attached hydrogen (secondary N) is 1. The summed E-state index contributed by atoms with van der Waals surface area (Å²) in [4.78, 5) is 14.6. The van der Waals surface area contributed by atoms with Gasteiger partial charge in [-0.2, -0.15) is 0 Å². The number of hydrogen-bond acceptors (Lipinski definition) is 7. The average molecular weight is 515 g/mol. The molecule has 0 unspecified atom stereocenters. The molecular weight excluding hydrogens is 487 g/mol. The summed E-state index contributed by atoms with van der Waals surface area (Å²) in [6, 6.07) is 15.7. The number of hydrogen-bond donors (Lipinski definition) is 1. The molecule has 0 bridgehead atoms. The molecule has 0 spiro atoms. The number of methoxy groups -OCH3 is 2. The Morgan fingerprint density at radius 2 is 1.89 bits per heavy atom. The van der Waals surface area contributed by atoms with E-state index in [1.807, 2.05) is 24.3 Å². The molecule has 3 aromatic carbocycles. The lowest BCUT2D eigenvalue weighted by molar-refractivity contribution is 0.0600. The SMILES string of the molecule is COC(=O)c1cc(NCc2ccc(OCc3c(F)cccc3Cl)c(OC)c2)ccc1N1CCOCC1. The molecule has 4 rings (SSSR count). The fourth-order valence-corrected chi connectivity index (χ4v) is 4.18. The summed E-state index contributed by atoms with van der Waals surface area (Å²) in [6.45, 7) is 3.13. The number of carbonyl (C=O) groups excluding carboxylic acids is 1. The molecule has 0 aliphatic carbocycles. The Bertz CT molecular complexity index is 1200. The van der Waals surface area contributed by atoms with E-state index in [1.54, 1.807) is 31.4 Å². The van der Waals surface area contributed by atoms with Crippen LogP contribution in [0.4, 0.5) is 15.8 Å². The Kier molecular flexibility index (Phi) is 8.51. The highest BCUT2D eigenvalue weighted by Crippen LogP contribution is 2.31. The molecule has 190 valence electrons. The lowest BCUT2D eigenvalue weighted by Crippen LogP contribution is -2.37. The second kappa shape index (κ2) is 12.0.